The van der Waals surface area contributed by atoms with Gasteiger partial charge < -0.3 is 9.64 Å². The number of benzene rings is 2. The first kappa shape index (κ1) is 18.7. The van der Waals surface area contributed by atoms with Crippen LogP contribution in [0.4, 0.5) is 0 Å². The Bertz CT molecular complexity index is 1190. The summed E-state index contributed by atoms with van der Waals surface area (Å²) in [5.74, 6) is 0.766. The number of methoxy groups -OCH3 is 1. The van der Waals surface area contributed by atoms with Crippen LogP contribution in [0.5, 0.6) is 5.75 Å². The van der Waals surface area contributed by atoms with Crippen molar-refractivity contribution >= 4 is 23.2 Å². The fourth-order valence-electron chi connectivity index (χ4n) is 4.07. The van der Waals surface area contributed by atoms with Crippen molar-refractivity contribution in [1.82, 2.24) is 14.7 Å². The second-order valence-electron chi connectivity index (χ2n) is 7.45. The molecule has 1 unspecified atom stereocenters. The molecule has 5 nitrogen and oxygen atoms in total. The number of halogens is 1. The fraction of sp³-hybridized carbons (Fsp3) is 0.167. The highest BCUT2D eigenvalue weighted by atomic mass is 35.5. The molecule has 0 fully saturated rings. The van der Waals surface area contributed by atoms with Crippen molar-refractivity contribution in [3.63, 3.8) is 0 Å². The molecule has 2 heterocycles. The van der Waals surface area contributed by atoms with Gasteiger partial charge in [-0.3, -0.25) is 4.79 Å². The van der Waals surface area contributed by atoms with E-state index in [0.717, 1.165) is 33.8 Å². The van der Waals surface area contributed by atoms with Gasteiger partial charge in [0.2, 0.25) is 0 Å². The lowest BCUT2D eigenvalue weighted by Crippen LogP contribution is -2.30. The second-order valence-corrected chi connectivity index (χ2v) is 7.88. The van der Waals surface area contributed by atoms with Crippen molar-refractivity contribution in [2.45, 2.75) is 19.5 Å². The Morgan fingerprint density at radius 3 is 2.40 bits per heavy atom. The Morgan fingerprint density at radius 1 is 1.10 bits per heavy atom. The van der Waals surface area contributed by atoms with E-state index >= 15 is 0 Å². The van der Waals surface area contributed by atoms with Gasteiger partial charge in [0.15, 0.2) is 0 Å². The first-order valence-electron chi connectivity index (χ1n) is 9.74. The van der Waals surface area contributed by atoms with Crippen LogP contribution in [0.3, 0.4) is 0 Å². The van der Waals surface area contributed by atoms with Gasteiger partial charge in [-0.05, 0) is 54.5 Å². The summed E-state index contributed by atoms with van der Waals surface area (Å²) in [6.07, 6.45) is 5.87. The molecule has 3 aromatic rings. The highest BCUT2D eigenvalue weighted by Crippen LogP contribution is 2.42. The van der Waals surface area contributed by atoms with Crippen LogP contribution in [0.25, 0.3) is 5.70 Å². The minimum Gasteiger partial charge on any atom is -0.497 e. The zero-order valence-corrected chi connectivity index (χ0v) is 17.4. The number of hydrogen-bond acceptors (Lipinski definition) is 3. The molecular formula is C24H20ClN3O2. The molecule has 0 saturated heterocycles. The van der Waals surface area contributed by atoms with Gasteiger partial charge in [-0.2, -0.15) is 5.10 Å². The van der Waals surface area contributed by atoms with Gasteiger partial charge >= 0.3 is 0 Å². The van der Waals surface area contributed by atoms with E-state index in [9.17, 15) is 4.79 Å². The minimum atomic E-state index is -0.217. The molecule has 30 heavy (non-hydrogen) atoms. The quantitative estimate of drug-likeness (QED) is 0.586. The zero-order valence-electron chi connectivity index (χ0n) is 16.7. The molecule has 2 aromatic carbocycles. The smallest absolute Gasteiger partial charge is 0.274 e. The third-order valence-electron chi connectivity index (χ3n) is 5.63. The molecule has 0 N–H and O–H groups in total. The van der Waals surface area contributed by atoms with Gasteiger partial charge in [-0.25, -0.2) is 4.68 Å². The van der Waals surface area contributed by atoms with E-state index in [2.05, 4.69) is 5.10 Å². The van der Waals surface area contributed by atoms with Crippen LogP contribution in [0.15, 0.2) is 66.8 Å². The van der Waals surface area contributed by atoms with Gasteiger partial charge in [-0.1, -0.05) is 41.9 Å². The Kier molecular flexibility index (Phi) is 4.48. The predicted octanol–water partition coefficient (Wildman–Crippen LogP) is 5.01. The summed E-state index contributed by atoms with van der Waals surface area (Å²) in [5.41, 5.74) is 5.42. The number of aromatic nitrogens is 2. The topological polar surface area (TPSA) is 47.4 Å². The van der Waals surface area contributed by atoms with Crippen molar-refractivity contribution in [3.8, 4) is 5.75 Å². The summed E-state index contributed by atoms with van der Waals surface area (Å²) < 4.78 is 7.03. The largest absolute Gasteiger partial charge is 0.497 e. The average molecular weight is 418 g/mol. The second kappa shape index (κ2) is 7.18. The number of carbonyl (C=O) groups is 1. The first-order chi connectivity index (χ1) is 14.6. The van der Waals surface area contributed by atoms with Gasteiger partial charge in [0, 0.05) is 17.1 Å². The van der Waals surface area contributed by atoms with Crippen molar-refractivity contribution in [2.75, 3.05) is 7.11 Å². The van der Waals surface area contributed by atoms with Crippen LogP contribution in [-0.4, -0.2) is 27.7 Å². The molecule has 1 amide bonds. The lowest BCUT2D eigenvalue weighted by Gasteiger charge is -2.26. The molecule has 2 aliphatic rings. The maximum absolute atomic E-state index is 13.6. The Hall–Kier alpha value is -3.31. The van der Waals surface area contributed by atoms with E-state index < -0.39 is 0 Å². The summed E-state index contributed by atoms with van der Waals surface area (Å²) >= 11 is 6.12. The van der Waals surface area contributed by atoms with E-state index in [4.69, 9.17) is 16.3 Å². The first-order valence-corrected chi connectivity index (χ1v) is 10.1. The third-order valence-corrected chi connectivity index (χ3v) is 5.88. The van der Waals surface area contributed by atoms with Crippen molar-refractivity contribution in [2.24, 2.45) is 0 Å². The third kappa shape index (κ3) is 2.94. The molecular weight excluding hydrogens is 398 g/mol. The number of hydrogen-bond donors (Lipinski definition) is 0. The van der Waals surface area contributed by atoms with E-state index in [1.54, 1.807) is 11.8 Å². The number of fused-ring (bicyclic) bond motifs is 1. The lowest BCUT2D eigenvalue weighted by atomic mass is 9.99. The zero-order chi connectivity index (χ0) is 20.8. The molecule has 6 heteroatoms. The number of carbonyl (C=O) groups excluding carboxylic acids is 1. The molecule has 0 spiro atoms. The molecule has 1 aliphatic carbocycles. The standard InChI is InChI=1S/C24H20ClN3O2/c1-15-21-22(17-8-10-18(25)11-9-17)27(14-16-6-12-20(30-2)13-7-16)24(29)23(21)28(26-15)19-4-3-5-19/h3-13,22H,14H2,1-2H3. The maximum atomic E-state index is 13.6. The SMILES string of the molecule is COc1ccc(CN2C(=O)c3c(c(C)nn3C3=CC=C3)C2c2ccc(Cl)cc2)cc1. The monoisotopic (exact) mass is 417 g/mol. The maximum Gasteiger partial charge on any atom is 0.274 e. The molecule has 5 rings (SSSR count). The Morgan fingerprint density at radius 2 is 1.80 bits per heavy atom. The molecule has 1 atom stereocenters. The van der Waals surface area contributed by atoms with E-state index in [1.165, 1.54) is 0 Å². The van der Waals surface area contributed by atoms with E-state index in [-0.39, 0.29) is 11.9 Å². The average Bonchev–Trinajstić information content (AvgIpc) is 3.18. The summed E-state index contributed by atoms with van der Waals surface area (Å²) in [7, 11) is 1.64. The number of aryl methyl sites for hydroxylation is 1. The van der Waals surface area contributed by atoms with Crippen LogP contribution in [0.1, 0.15) is 38.9 Å². The van der Waals surface area contributed by atoms with Crippen molar-refractivity contribution in [3.05, 3.63) is 99.9 Å². The van der Waals surface area contributed by atoms with Crippen LogP contribution in [0.2, 0.25) is 5.02 Å². The summed E-state index contributed by atoms with van der Waals surface area (Å²) in [5, 5.41) is 5.34. The predicted molar refractivity (Wildman–Crippen MR) is 117 cm³/mol. The number of ether oxygens (including phenoxy) is 1. The summed E-state index contributed by atoms with van der Waals surface area (Å²) in [4.78, 5) is 15.5. The van der Waals surface area contributed by atoms with Crippen LogP contribution in [-0.2, 0) is 6.54 Å². The fourth-order valence-corrected chi connectivity index (χ4v) is 4.20. The number of amides is 1. The highest BCUT2D eigenvalue weighted by molar-refractivity contribution is 6.30. The van der Waals surface area contributed by atoms with Crippen molar-refractivity contribution < 1.29 is 9.53 Å². The highest BCUT2D eigenvalue weighted by Gasteiger charge is 2.43. The Balaban J connectivity index is 1.60. The summed E-state index contributed by atoms with van der Waals surface area (Å²) in [6, 6.07) is 15.3. The molecule has 0 radical (unpaired) electrons. The van der Waals surface area contributed by atoms with Crippen molar-refractivity contribution in [1.29, 1.82) is 0 Å². The molecule has 0 bridgehead atoms. The molecule has 1 aliphatic heterocycles. The van der Waals surface area contributed by atoms with Gasteiger partial charge in [0.25, 0.3) is 5.91 Å². The van der Waals surface area contributed by atoms with Crippen LogP contribution >= 0.6 is 11.6 Å². The number of allylic oxidation sites excluding steroid dienone is 4. The minimum absolute atomic E-state index is 0.0254. The summed E-state index contributed by atoms with van der Waals surface area (Å²) in [6.45, 7) is 2.45. The lowest BCUT2D eigenvalue weighted by molar-refractivity contribution is 0.0727. The molecule has 1 aromatic heterocycles. The molecule has 150 valence electrons. The van der Waals surface area contributed by atoms with E-state index in [1.807, 2.05) is 78.6 Å². The van der Waals surface area contributed by atoms with E-state index in [0.29, 0.717) is 17.3 Å². The molecule has 0 saturated carbocycles. The normalized spacial score (nSPS) is 17.0. The van der Waals surface area contributed by atoms with Crippen LogP contribution in [0, 0.1) is 6.92 Å². The van der Waals surface area contributed by atoms with Gasteiger partial charge in [0.1, 0.15) is 11.4 Å². The Labute approximate surface area is 179 Å². The van der Waals surface area contributed by atoms with Gasteiger partial charge in [-0.15, -0.1) is 0 Å². The van der Waals surface area contributed by atoms with Gasteiger partial charge in [0.05, 0.1) is 24.5 Å². The number of rotatable bonds is 5. The van der Waals surface area contributed by atoms with Crippen LogP contribution < -0.4 is 4.74 Å². The number of nitrogens with zero attached hydrogens (tertiary/aromatic N) is 3.